The van der Waals surface area contributed by atoms with Crippen molar-refractivity contribution in [2.24, 2.45) is 0 Å². The van der Waals surface area contributed by atoms with Crippen LogP contribution in [-0.4, -0.2) is 31.6 Å². The highest BCUT2D eigenvalue weighted by Crippen LogP contribution is 2.45. The fourth-order valence-electron chi connectivity index (χ4n) is 5.00. The van der Waals surface area contributed by atoms with Crippen LogP contribution in [0.15, 0.2) is 60.0 Å². The zero-order valence-electron chi connectivity index (χ0n) is 23.8. The van der Waals surface area contributed by atoms with Crippen LogP contribution < -0.4 is 24.4 Å². The SMILES string of the molecule is COc1cc(OC(=O)c2sccc2C)ccc1-c1ccc2c(c1COc1cc(F)ccc1C)N(C)C(=O)C(C)(C)N2. The van der Waals surface area contributed by atoms with Gasteiger partial charge < -0.3 is 24.4 Å². The van der Waals surface area contributed by atoms with Crippen molar-refractivity contribution in [1.29, 1.82) is 0 Å². The maximum Gasteiger partial charge on any atom is 0.353 e. The Morgan fingerprint density at radius 2 is 1.76 bits per heavy atom. The molecule has 5 rings (SSSR count). The third-order valence-corrected chi connectivity index (χ3v) is 8.14. The van der Waals surface area contributed by atoms with E-state index in [-0.39, 0.29) is 12.5 Å². The minimum absolute atomic E-state index is 0.0556. The van der Waals surface area contributed by atoms with Crippen molar-refractivity contribution in [3.63, 3.8) is 0 Å². The number of ether oxygens (including phenoxy) is 3. The molecule has 4 aromatic rings. The second-order valence-electron chi connectivity index (χ2n) is 10.5. The van der Waals surface area contributed by atoms with Gasteiger partial charge in [0.15, 0.2) is 0 Å². The average molecular weight is 575 g/mol. The van der Waals surface area contributed by atoms with Gasteiger partial charge in [-0.15, -0.1) is 11.3 Å². The topological polar surface area (TPSA) is 77.1 Å². The molecule has 1 N–H and O–H groups in total. The van der Waals surface area contributed by atoms with E-state index in [2.05, 4.69) is 5.32 Å². The monoisotopic (exact) mass is 574 g/mol. The number of fused-ring (bicyclic) bond motifs is 1. The summed E-state index contributed by atoms with van der Waals surface area (Å²) in [5.41, 5.74) is 4.44. The summed E-state index contributed by atoms with van der Waals surface area (Å²) < 4.78 is 31.6. The van der Waals surface area contributed by atoms with Crippen LogP contribution >= 0.6 is 11.3 Å². The molecule has 3 aromatic carbocycles. The van der Waals surface area contributed by atoms with Crippen LogP contribution in [-0.2, 0) is 11.4 Å². The molecule has 0 unspecified atom stereocenters. The molecular formula is C32H31FN2O5S. The number of amides is 1. The quantitative estimate of drug-likeness (QED) is 0.187. The first-order chi connectivity index (χ1) is 19.5. The Bertz CT molecular complexity index is 1660. The molecule has 0 atom stereocenters. The Kier molecular flexibility index (Phi) is 7.48. The summed E-state index contributed by atoms with van der Waals surface area (Å²) in [7, 11) is 3.27. The highest BCUT2D eigenvalue weighted by Gasteiger charge is 2.38. The predicted octanol–water partition coefficient (Wildman–Crippen LogP) is 7.14. The summed E-state index contributed by atoms with van der Waals surface area (Å²) in [6.07, 6.45) is 0. The standard InChI is InChI=1S/C32H31FN2O5S/c1-18-7-8-20(33)15-26(18)39-17-24-22(11-12-25-28(24)35(5)31(37)32(3,4)34-25)23-10-9-21(16-27(23)38-6)40-30(36)29-19(2)13-14-41-29/h7-16,34H,17H2,1-6H3. The maximum absolute atomic E-state index is 14.0. The number of carbonyl (C=O) groups excluding carboxylic acids is 2. The van der Waals surface area contributed by atoms with Crippen molar-refractivity contribution in [2.45, 2.75) is 39.8 Å². The van der Waals surface area contributed by atoms with Gasteiger partial charge in [-0.2, -0.15) is 0 Å². The lowest BCUT2D eigenvalue weighted by atomic mass is 9.91. The second-order valence-corrected chi connectivity index (χ2v) is 11.4. The van der Waals surface area contributed by atoms with E-state index in [0.29, 0.717) is 38.9 Å². The van der Waals surface area contributed by atoms with Crippen LogP contribution in [0.5, 0.6) is 17.2 Å². The van der Waals surface area contributed by atoms with Crippen molar-refractivity contribution >= 4 is 34.6 Å². The molecule has 1 amide bonds. The van der Waals surface area contributed by atoms with Gasteiger partial charge in [0.05, 0.1) is 18.5 Å². The van der Waals surface area contributed by atoms with E-state index >= 15 is 0 Å². The number of hydrogen-bond donors (Lipinski definition) is 1. The maximum atomic E-state index is 14.0. The van der Waals surface area contributed by atoms with Crippen LogP contribution in [0.4, 0.5) is 15.8 Å². The Hall–Kier alpha value is -4.37. The van der Waals surface area contributed by atoms with E-state index in [9.17, 15) is 14.0 Å². The predicted molar refractivity (Wildman–Crippen MR) is 159 cm³/mol. The zero-order chi connectivity index (χ0) is 29.5. The van der Waals surface area contributed by atoms with Gasteiger partial charge in [-0.05, 0) is 80.1 Å². The number of anilines is 2. The molecule has 0 bridgehead atoms. The molecule has 2 heterocycles. The summed E-state index contributed by atoms with van der Waals surface area (Å²) in [5, 5.41) is 5.18. The van der Waals surface area contributed by atoms with E-state index in [4.69, 9.17) is 14.2 Å². The van der Waals surface area contributed by atoms with E-state index in [1.807, 2.05) is 57.3 Å². The number of hydrogen-bond acceptors (Lipinski definition) is 7. The molecule has 41 heavy (non-hydrogen) atoms. The summed E-state index contributed by atoms with van der Waals surface area (Å²) in [6, 6.07) is 15.3. The van der Waals surface area contributed by atoms with Gasteiger partial charge in [0, 0.05) is 30.3 Å². The molecule has 0 spiro atoms. The van der Waals surface area contributed by atoms with Gasteiger partial charge in [0.25, 0.3) is 5.91 Å². The van der Waals surface area contributed by atoms with Crippen LogP contribution in [0.25, 0.3) is 11.1 Å². The number of carbonyl (C=O) groups is 2. The molecule has 0 aliphatic carbocycles. The second kappa shape index (κ2) is 10.9. The van der Waals surface area contributed by atoms with Gasteiger partial charge in [0.2, 0.25) is 0 Å². The van der Waals surface area contributed by atoms with Crippen molar-refractivity contribution in [3.8, 4) is 28.4 Å². The molecule has 1 aliphatic rings. The zero-order valence-corrected chi connectivity index (χ0v) is 24.6. The van der Waals surface area contributed by atoms with E-state index in [1.54, 1.807) is 30.1 Å². The highest BCUT2D eigenvalue weighted by molar-refractivity contribution is 7.12. The first kappa shape index (κ1) is 28.2. The number of thiophene rings is 1. The molecule has 9 heteroatoms. The molecule has 1 aromatic heterocycles. The molecule has 7 nitrogen and oxygen atoms in total. The highest BCUT2D eigenvalue weighted by atomic mass is 32.1. The Labute approximate surface area is 242 Å². The lowest BCUT2D eigenvalue weighted by Gasteiger charge is -2.39. The molecule has 0 saturated heterocycles. The number of rotatable bonds is 7. The van der Waals surface area contributed by atoms with Crippen LogP contribution in [0.1, 0.15) is 40.2 Å². The lowest BCUT2D eigenvalue weighted by Crippen LogP contribution is -2.52. The van der Waals surface area contributed by atoms with Crippen molar-refractivity contribution in [3.05, 3.63) is 87.4 Å². The fraction of sp³-hybridized carbons (Fsp3) is 0.250. The third kappa shape index (κ3) is 5.37. The number of nitrogens with one attached hydrogen (secondary N) is 1. The Morgan fingerprint density at radius 3 is 2.46 bits per heavy atom. The van der Waals surface area contributed by atoms with Gasteiger partial charge >= 0.3 is 5.97 Å². The van der Waals surface area contributed by atoms with Crippen molar-refractivity contribution in [2.75, 3.05) is 24.4 Å². The van der Waals surface area contributed by atoms with E-state index in [1.165, 1.54) is 30.6 Å². The number of benzene rings is 3. The summed E-state index contributed by atoms with van der Waals surface area (Å²) >= 11 is 1.33. The Balaban J connectivity index is 1.58. The minimum Gasteiger partial charge on any atom is -0.496 e. The van der Waals surface area contributed by atoms with Gasteiger partial charge in [-0.3, -0.25) is 4.79 Å². The molecular weight excluding hydrogens is 543 g/mol. The Morgan fingerprint density at radius 1 is 1.00 bits per heavy atom. The normalized spacial score (nSPS) is 13.8. The fourth-order valence-corrected chi connectivity index (χ4v) is 5.80. The molecule has 212 valence electrons. The van der Waals surface area contributed by atoms with Crippen LogP contribution in [0.2, 0.25) is 0 Å². The smallest absolute Gasteiger partial charge is 0.353 e. The largest absolute Gasteiger partial charge is 0.496 e. The number of aryl methyl sites for hydroxylation is 2. The van der Waals surface area contributed by atoms with Gasteiger partial charge in [0.1, 0.15) is 40.1 Å². The minimum atomic E-state index is -0.801. The van der Waals surface area contributed by atoms with Crippen molar-refractivity contribution < 1.29 is 28.2 Å². The summed E-state index contributed by atoms with van der Waals surface area (Å²) in [5.74, 6) is 0.272. The van der Waals surface area contributed by atoms with Gasteiger partial charge in [-0.1, -0.05) is 12.1 Å². The number of halogens is 1. The van der Waals surface area contributed by atoms with E-state index < -0.39 is 17.3 Å². The van der Waals surface area contributed by atoms with E-state index in [0.717, 1.165) is 22.4 Å². The van der Waals surface area contributed by atoms with Crippen LogP contribution in [0, 0.1) is 19.7 Å². The molecule has 0 fully saturated rings. The first-order valence-electron chi connectivity index (χ1n) is 13.1. The molecule has 1 aliphatic heterocycles. The summed E-state index contributed by atoms with van der Waals surface area (Å²) in [4.78, 5) is 28.2. The lowest BCUT2D eigenvalue weighted by molar-refractivity contribution is -0.121. The number of nitrogens with zero attached hydrogens (tertiary/aromatic N) is 1. The number of esters is 1. The number of likely N-dealkylation sites (N-methyl/N-ethyl adjacent to an activating group) is 1. The number of methoxy groups -OCH3 is 1. The molecule has 0 radical (unpaired) electrons. The van der Waals surface area contributed by atoms with Gasteiger partial charge in [-0.25, -0.2) is 9.18 Å². The summed E-state index contributed by atoms with van der Waals surface area (Å²) in [6.45, 7) is 7.42. The van der Waals surface area contributed by atoms with Crippen molar-refractivity contribution in [1.82, 2.24) is 0 Å². The third-order valence-electron chi connectivity index (χ3n) is 7.15. The molecule has 0 saturated carbocycles. The average Bonchev–Trinajstić information content (AvgIpc) is 3.38. The van der Waals surface area contributed by atoms with Crippen LogP contribution in [0.3, 0.4) is 0 Å². The first-order valence-corrected chi connectivity index (χ1v) is 13.9.